The molecule has 1 fully saturated rings. The number of rotatable bonds is 2. The van der Waals surface area contributed by atoms with Gasteiger partial charge in [-0.2, -0.15) is 0 Å². The van der Waals surface area contributed by atoms with Gasteiger partial charge in [0.15, 0.2) is 0 Å². The maximum atomic E-state index is 10.9. The molecular weight excluding hydrogens is 176 g/mol. The molecule has 1 aliphatic heterocycles. The van der Waals surface area contributed by atoms with Gasteiger partial charge in [-0.3, -0.25) is 9.45 Å². The van der Waals surface area contributed by atoms with Gasteiger partial charge in [-0.15, -0.1) is 4.89 Å². The van der Waals surface area contributed by atoms with Crippen molar-refractivity contribution in [2.24, 2.45) is 0 Å². The molecule has 1 aromatic heterocycles. The minimum absolute atomic E-state index is 0.555. The van der Waals surface area contributed by atoms with Gasteiger partial charge in [-0.25, -0.2) is 9.78 Å². The van der Waals surface area contributed by atoms with Crippen molar-refractivity contribution in [2.75, 3.05) is 0 Å². The van der Waals surface area contributed by atoms with E-state index in [4.69, 9.17) is 0 Å². The average molecular weight is 184 g/mol. The number of carbonyl (C=O) groups excluding carboxylic acids is 1. The van der Waals surface area contributed by atoms with E-state index >= 15 is 0 Å². The monoisotopic (exact) mass is 184 g/mol. The highest BCUT2D eigenvalue weighted by molar-refractivity contribution is 5.77. The molecule has 0 spiro atoms. The maximum absolute atomic E-state index is 10.9. The number of carbonyl (C=O) groups is 1. The molecule has 6 nitrogen and oxygen atoms in total. The standard InChI is InChI=1S/C7H8N2O4/c1-2-5-8-3-4-9(5)7(11)6(10)12-13-7/h3-4,11H,2H2,1H3. The zero-order chi connectivity index (χ0) is 9.47. The Morgan fingerprint density at radius 3 is 3.00 bits per heavy atom. The Labute approximate surface area is 73.6 Å². The van der Waals surface area contributed by atoms with E-state index in [2.05, 4.69) is 14.8 Å². The highest BCUT2D eigenvalue weighted by Crippen LogP contribution is 2.27. The zero-order valence-corrected chi connectivity index (χ0v) is 6.93. The molecule has 2 rings (SSSR count). The zero-order valence-electron chi connectivity index (χ0n) is 6.93. The van der Waals surface area contributed by atoms with E-state index in [9.17, 15) is 9.90 Å². The van der Waals surface area contributed by atoms with Crippen molar-refractivity contribution >= 4 is 5.97 Å². The third-order valence-corrected chi connectivity index (χ3v) is 1.86. The van der Waals surface area contributed by atoms with Crippen LogP contribution in [0.5, 0.6) is 0 Å². The highest BCUT2D eigenvalue weighted by Gasteiger charge is 2.54. The van der Waals surface area contributed by atoms with Gasteiger partial charge >= 0.3 is 11.9 Å². The first kappa shape index (κ1) is 8.21. The van der Waals surface area contributed by atoms with E-state index in [0.717, 1.165) is 0 Å². The Morgan fingerprint density at radius 1 is 1.77 bits per heavy atom. The van der Waals surface area contributed by atoms with Gasteiger partial charge in [0, 0.05) is 18.8 Å². The molecule has 0 saturated carbocycles. The second-order valence-electron chi connectivity index (χ2n) is 2.63. The van der Waals surface area contributed by atoms with E-state index < -0.39 is 11.9 Å². The number of imidazole rings is 1. The van der Waals surface area contributed by atoms with Crippen molar-refractivity contribution in [3.8, 4) is 0 Å². The molecule has 0 radical (unpaired) electrons. The molecule has 0 aliphatic carbocycles. The van der Waals surface area contributed by atoms with Crippen LogP contribution in [-0.4, -0.2) is 20.6 Å². The van der Waals surface area contributed by atoms with Crippen LogP contribution in [0, 0.1) is 0 Å². The quantitative estimate of drug-likeness (QED) is 0.629. The van der Waals surface area contributed by atoms with Crippen molar-refractivity contribution in [2.45, 2.75) is 19.3 Å². The van der Waals surface area contributed by atoms with Crippen molar-refractivity contribution in [1.29, 1.82) is 0 Å². The lowest BCUT2D eigenvalue weighted by molar-refractivity contribution is -0.491. The van der Waals surface area contributed by atoms with Crippen molar-refractivity contribution in [3.05, 3.63) is 18.2 Å². The topological polar surface area (TPSA) is 73.6 Å². The van der Waals surface area contributed by atoms with E-state index in [0.29, 0.717) is 12.2 Å². The number of aliphatic hydroxyl groups is 1. The molecule has 1 unspecified atom stereocenters. The number of aryl methyl sites for hydroxylation is 1. The fraction of sp³-hybridized carbons (Fsp3) is 0.429. The third kappa shape index (κ3) is 0.958. The first-order chi connectivity index (χ1) is 6.18. The second kappa shape index (κ2) is 2.54. The third-order valence-electron chi connectivity index (χ3n) is 1.86. The fourth-order valence-corrected chi connectivity index (χ4v) is 1.16. The van der Waals surface area contributed by atoms with E-state index in [1.54, 1.807) is 0 Å². The molecule has 0 bridgehead atoms. The van der Waals surface area contributed by atoms with Crippen LogP contribution in [0.3, 0.4) is 0 Å². The molecule has 13 heavy (non-hydrogen) atoms. The molecule has 0 amide bonds. The summed E-state index contributed by atoms with van der Waals surface area (Å²) in [6, 6.07) is 0. The van der Waals surface area contributed by atoms with Crippen LogP contribution in [0.4, 0.5) is 0 Å². The van der Waals surface area contributed by atoms with Crippen LogP contribution in [0.2, 0.25) is 0 Å². The minimum Gasteiger partial charge on any atom is -0.337 e. The van der Waals surface area contributed by atoms with Crippen LogP contribution in [0.1, 0.15) is 12.7 Å². The Hall–Kier alpha value is -1.40. The fourth-order valence-electron chi connectivity index (χ4n) is 1.16. The normalized spacial score (nSPS) is 26.8. The molecule has 1 saturated heterocycles. The summed E-state index contributed by atoms with van der Waals surface area (Å²) >= 11 is 0. The second-order valence-corrected chi connectivity index (χ2v) is 2.63. The van der Waals surface area contributed by atoms with Crippen LogP contribution >= 0.6 is 0 Å². The molecule has 2 heterocycles. The average Bonchev–Trinajstić information content (AvgIpc) is 2.62. The first-order valence-corrected chi connectivity index (χ1v) is 3.83. The van der Waals surface area contributed by atoms with Gasteiger partial charge in [0.05, 0.1) is 0 Å². The van der Waals surface area contributed by atoms with Gasteiger partial charge in [0.25, 0.3) is 0 Å². The number of hydrogen-bond acceptors (Lipinski definition) is 5. The summed E-state index contributed by atoms with van der Waals surface area (Å²) in [6.45, 7) is 1.85. The summed E-state index contributed by atoms with van der Waals surface area (Å²) in [5.41, 5.74) is 0. The lowest BCUT2D eigenvalue weighted by Gasteiger charge is -2.32. The highest BCUT2D eigenvalue weighted by atomic mass is 17.3. The van der Waals surface area contributed by atoms with Gasteiger partial charge in [-0.05, 0) is 0 Å². The minimum atomic E-state index is -2.01. The smallest absolute Gasteiger partial charge is 0.337 e. The Bertz CT molecular complexity index is 348. The summed E-state index contributed by atoms with van der Waals surface area (Å²) in [5, 5.41) is 9.58. The molecule has 1 aliphatic rings. The Balaban J connectivity index is 2.39. The van der Waals surface area contributed by atoms with E-state index in [1.807, 2.05) is 6.92 Å². The predicted molar refractivity (Wildman–Crippen MR) is 39.0 cm³/mol. The molecule has 70 valence electrons. The van der Waals surface area contributed by atoms with Gasteiger partial charge in [-0.1, -0.05) is 6.92 Å². The number of nitrogens with zero attached hydrogens (tertiary/aromatic N) is 2. The van der Waals surface area contributed by atoms with E-state index in [-0.39, 0.29) is 0 Å². The summed E-state index contributed by atoms with van der Waals surface area (Å²) in [5.74, 6) is -2.29. The molecular formula is C7H8N2O4. The van der Waals surface area contributed by atoms with Crippen molar-refractivity contribution in [1.82, 2.24) is 9.55 Å². The SMILES string of the molecule is CCc1nccn1C1(O)OOC1=O. The number of aromatic nitrogens is 2. The largest absolute Gasteiger partial charge is 0.428 e. The molecule has 1 atom stereocenters. The lowest BCUT2D eigenvalue weighted by atomic mass is 10.4. The number of hydrogen-bond donors (Lipinski definition) is 1. The predicted octanol–water partition coefficient (Wildman–Crippen LogP) is -0.463. The molecule has 6 heteroatoms. The van der Waals surface area contributed by atoms with Crippen LogP contribution in [0.15, 0.2) is 12.4 Å². The van der Waals surface area contributed by atoms with Crippen molar-refractivity contribution < 1.29 is 19.7 Å². The lowest BCUT2D eigenvalue weighted by Crippen LogP contribution is -2.54. The molecule has 1 N–H and O–H groups in total. The first-order valence-electron chi connectivity index (χ1n) is 3.83. The Morgan fingerprint density at radius 2 is 2.54 bits per heavy atom. The summed E-state index contributed by atoms with van der Waals surface area (Å²) in [6.07, 6.45) is 3.52. The maximum Gasteiger partial charge on any atom is 0.428 e. The van der Waals surface area contributed by atoms with Gasteiger partial charge in [0.1, 0.15) is 5.82 Å². The van der Waals surface area contributed by atoms with Crippen molar-refractivity contribution in [3.63, 3.8) is 0 Å². The Kier molecular flexibility index (Phi) is 1.61. The van der Waals surface area contributed by atoms with Crippen LogP contribution in [-0.2, 0) is 26.9 Å². The summed E-state index contributed by atoms with van der Waals surface area (Å²) < 4.78 is 1.23. The summed E-state index contributed by atoms with van der Waals surface area (Å²) in [4.78, 5) is 23.2. The molecule has 0 aromatic carbocycles. The van der Waals surface area contributed by atoms with Gasteiger partial charge < -0.3 is 5.11 Å². The van der Waals surface area contributed by atoms with Crippen LogP contribution in [0.25, 0.3) is 0 Å². The van der Waals surface area contributed by atoms with E-state index in [1.165, 1.54) is 17.0 Å². The van der Waals surface area contributed by atoms with Gasteiger partial charge in [0.2, 0.25) is 0 Å². The molecule has 1 aromatic rings. The summed E-state index contributed by atoms with van der Waals surface area (Å²) in [7, 11) is 0. The van der Waals surface area contributed by atoms with Crippen LogP contribution < -0.4 is 0 Å².